The van der Waals surface area contributed by atoms with E-state index >= 15 is 0 Å². The number of benzene rings is 1. The van der Waals surface area contributed by atoms with E-state index in [1.807, 2.05) is 18.2 Å². The van der Waals surface area contributed by atoms with Crippen LogP contribution in [-0.4, -0.2) is 28.2 Å². The second-order valence-corrected chi connectivity index (χ2v) is 7.72. The van der Waals surface area contributed by atoms with Gasteiger partial charge in [-0.1, -0.05) is 45.9 Å². The Morgan fingerprint density at radius 2 is 1.57 bits per heavy atom. The molecule has 1 heterocycles. The molecule has 28 heavy (non-hydrogen) atoms. The van der Waals surface area contributed by atoms with Crippen LogP contribution in [0.2, 0.25) is 0 Å². The number of carbonyl (C=O) groups is 2. The van der Waals surface area contributed by atoms with E-state index in [2.05, 4.69) is 50.1 Å². The Hall–Kier alpha value is -2.69. The molecule has 2 amide bonds. The van der Waals surface area contributed by atoms with Crippen LogP contribution in [0, 0.1) is 0 Å². The molecule has 1 aromatic carbocycles. The number of anilines is 1. The summed E-state index contributed by atoms with van der Waals surface area (Å²) in [5.41, 5.74) is 4.19. The van der Waals surface area contributed by atoms with Crippen LogP contribution in [0.5, 0.6) is 0 Å². The molecule has 2 rings (SSSR count). The average molecular weight is 382 g/mol. The molecule has 0 aliphatic rings. The van der Waals surface area contributed by atoms with Crippen molar-refractivity contribution >= 4 is 17.5 Å². The Balaban J connectivity index is 2.08. The maximum Gasteiger partial charge on any atom is 0.226 e. The predicted molar refractivity (Wildman–Crippen MR) is 113 cm³/mol. The van der Waals surface area contributed by atoms with Gasteiger partial charge in [0.05, 0.1) is 0 Å². The first kappa shape index (κ1) is 21.6. The zero-order chi connectivity index (χ0) is 20.7. The molecule has 2 aromatic rings. The van der Waals surface area contributed by atoms with Crippen molar-refractivity contribution in [1.82, 2.24) is 9.88 Å². The van der Waals surface area contributed by atoms with Crippen molar-refractivity contribution in [2.75, 3.05) is 11.9 Å². The summed E-state index contributed by atoms with van der Waals surface area (Å²) in [6, 6.07) is 9.94. The summed E-state index contributed by atoms with van der Waals surface area (Å²) in [6.45, 7) is 10.9. The molecule has 0 saturated heterocycles. The SMILES string of the molecule is CC(=O)N(CCC(=O)Nc1c(C(C)C)cccc1C(C)C)Cc1ccncc1. The molecule has 0 bridgehead atoms. The lowest BCUT2D eigenvalue weighted by Crippen LogP contribution is -2.31. The highest BCUT2D eigenvalue weighted by molar-refractivity contribution is 5.93. The molecule has 0 aliphatic heterocycles. The van der Waals surface area contributed by atoms with E-state index in [4.69, 9.17) is 0 Å². The van der Waals surface area contributed by atoms with Gasteiger partial charge in [0, 0.05) is 44.5 Å². The van der Waals surface area contributed by atoms with Crippen LogP contribution in [-0.2, 0) is 16.1 Å². The lowest BCUT2D eigenvalue weighted by atomic mass is 9.92. The highest BCUT2D eigenvalue weighted by Crippen LogP contribution is 2.32. The number of carbonyl (C=O) groups excluding carboxylic acids is 2. The Morgan fingerprint density at radius 1 is 1.00 bits per heavy atom. The smallest absolute Gasteiger partial charge is 0.226 e. The van der Waals surface area contributed by atoms with Gasteiger partial charge in [0.2, 0.25) is 11.8 Å². The fourth-order valence-electron chi connectivity index (χ4n) is 3.19. The molecular weight excluding hydrogens is 350 g/mol. The topological polar surface area (TPSA) is 62.3 Å². The molecule has 0 fully saturated rings. The summed E-state index contributed by atoms with van der Waals surface area (Å²) in [5, 5.41) is 3.11. The minimum Gasteiger partial charge on any atom is -0.338 e. The molecule has 5 heteroatoms. The molecular formula is C23H31N3O2. The van der Waals surface area contributed by atoms with Crippen molar-refractivity contribution in [3.8, 4) is 0 Å². The Labute approximate surface area is 168 Å². The number of hydrogen-bond donors (Lipinski definition) is 1. The van der Waals surface area contributed by atoms with Crippen LogP contribution in [0.4, 0.5) is 5.69 Å². The average Bonchev–Trinajstić information content (AvgIpc) is 2.65. The number of pyridine rings is 1. The standard InChI is InChI=1S/C23H31N3O2/c1-16(2)20-7-6-8-21(17(3)4)23(20)25-22(28)11-14-26(18(5)27)15-19-9-12-24-13-10-19/h6-10,12-13,16-17H,11,14-15H2,1-5H3,(H,25,28). The van der Waals surface area contributed by atoms with Gasteiger partial charge in [-0.3, -0.25) is 14.6 Å². The first-order chi connectivity index (χ1) is 13.3. The second kappa shape index (κ2) is 10.0. The normalized spacial score (nSPS) is 11.0. The number of aromatic nitrogens is 1. The van der Waals surface area contributed by atoms with Crippen molar-refractivity contribution < 1.29 is 9.59 Å². The molecule has 0 unspecified atom stereocenters. The number of nitrogens with zero attached hydrogens (tertiary/aromatic N) is 2. The largest absolute Gasteiger partial charge is 0.338 e. The molecule has 0 radical (unpaired) electrons. The van der Waals surface area contributed by atoms with E-state index in [0.29, 0.717) is 24.9 Å². The molecule has 1 aromatic heterocycles. The summed E-state index contributed by atoms with van der Waals surface area (Å²) < 4.78 is 0. The van der Waals surface area contributed by atoms with Crippen LogP contribution < -0.4 is 5.32 Å². The quantitative estimate of drug-likeness (QED) is 0.720. The zero-order valence-corrected chi connectivity index (χ0v) is 17.5. The van der Waals surface area contributed by atoms with Crippen LogP contribution in [0.3, 0.4) is 0 Å². The van der Waals surface area contributed by atoms with Gasteiger partial charge in [0.25, 0.3) is 0 Å². The minimum absolute atomic E-state index is 0.0462. The Morgan fingerprint density at radius 3 is 2.07 bits per heavy atom. The number of amides is 2. The highest BCUT2D eigenvalue weighted by Gasteiger charge is 2.17. The summed E-state index contributed by atoms with van der Waals surface area (Å²) in [7, 11) is 0. The summed E-state index contributed by atoms with van der Waals surface area (Å²) >= 11 is 0. The third-order valence-corrected chi connectivity index (χ3v) is 4.81. The van der Waals surface area contributed by atoms with E-state index in [1.165, 1.54) is 6.92 Å². The van der Waals surface area contributed by atoms with Gasteiger partial charge in [-0.25, -0.2) is 0 Å². The molecule has 0 atom stereocenters. The molecule has 150 valence electrons. The van der Waals surface area contributed by atoms with Crippen molar-refractivity contribution in [2.24, 2.45) is 0 Å². The molecule has 5 nitrogen and oxygen atoms in total. The summed E-state index contributed by atoms with van der Waals surface area (Å²) in [6.07, 6.45) is 3.67. The van der Waals surface area contributed by atoms with Gasteiger partial charge in [0.15, 0.2) is 0 Å². The molecule has 0 saturated carbocycles. The van der Waals surface area contributed by atoms with Gasteiger partial charge < -0.3 is 10.2 Å². The minimum atomic E-state index is -0.0732. The van der Waals surface area contributed by atoms with E-state index in [9.17, 15) is 9.59 Å². The van der Waals surface area contributed by atoms with E-state index in [-0.39, 0.29) is 18.2 Å². The van der Waals surface area contributed by atoms with Gasteiger partial charge in [-0.05, 0) is 40.7 Å². The maximum atomic E-state index is 12.7. The van der Waals surface area contributed by atoms with Gasteiger partial charge in [-0.15, -0.1) is 0 Å². The Bertz CT molecular complexity index is 774. The molecule has 1 N–H and O–H groups in total. The lowest BCUT2D eigenvalue weighted by Gasteiger charge is -2.23. The van der Waals surface area contributed by atoms with Gasteiger partial charge in [-0.2, -0.15) is 0 Å². The number of rotatable bonds is 8. The fraction of sp³-hybridized carbons (Fsp3) is 0.435. The highest BCUT2D eigenvalue weighted by atomic mass is 16.2. The predicted octanol–water partition coefficient (Wildman–Crippen LogP) is 4.71. The lowest BCUT2D eigenvalue weighted by molar-refractivity contribution is -0.129. The van der Waals surface area contributed by atoms with Gasteiger partial charge >= 0.3 is 0 Å². The second-order valence-electron chi connectivity index (χ2n) is 7.72. The van der Waals surface area contributed by atoms with Crippen molar-refractivity contribution in [3.05, 3.63) is 59.4 Å². The summed E-state index contributed by atoms with van der Waals surface area (Å²) in [5.74, 6) is 0.509. The van der Waals surface area contributed by atoms with Gasteiger partial charge in [0.1, 0.15) is 0 Å². The maximum absolute atomic E-state index is 12.7. The Kier molecular flexibility index (Phi) is 7.73. The van der Waals surface area contributed by atoms with E-state index in [0.717, 1.165) is 22.4 Å². The first-order valence-electron chi connectivity index (χ1n) is 9.86. The fourth-order valence-corrected chi connectivity index (χ4v) is 3.19. The van der Waals surface area contributed by atoms with Crippen molar-refractivity contribution in [3.63, 3.8) is 0 Å². The van der Waals surface area contributed by atoms with Crippen molar-refractivity contribution in [2.45, 2.75) is 59.4 Å². The number of hydrogen-bond acceptors (Lipinski definition) is 3. The van der Waals surface area contributed by atoms with E-state index in [1.54, 1.807) is 17.3 Å². The summed E-state index contributed by atoms with van der Waals surface area (Å²) in [4.78, 5) is 30.4. The molecule has 0 spiro atoms. The van der Waals surface area contributed by atoms with Crippen LogP contribution in [0.25, 0.3) is 0 Å². The molecule has 0 aliphatic carbocycles. The van der Waals surface area contributed by atoms with E-state index < -0.39 is 0 Å². The third-order valence-electron chi connectivity index (χ3n) is 4.81. The number of para-hydroxylation sites is 1. The third kappa shape index (κ3) is 5.91. The van der Waals surface area contributed by atoms with Crippen LogP contribution in [0.1, 0.15) is 69.6 Å². The van der Waals surface area contributed by atoms with Crippen LogP contribution in [0.15, 0.2) is 42.7 Å². The van der Waals surface area contributed by atoms with Crippen LogP contribution >= 0.6 is 0 Å². The van der Waals surface area contributed by atoms with Crippen molar-refractivity contribution in [1.29, 1.82) is 0 Å². The monoisotopic (exact) mass is 381 g/mol. The zero-order valence-electron chi connectivity index (χ0n) is 17.5. The first-order valence-corrected chi connectivity index (χ1v) is 9.86. The number of nitrogens with one attached hydrogen (secondary N) is 1.